The first-order valence-electron chi connectivity index (χ1n) is 7.05. The fourth-order valence-corrected chi connectivity index (χ4v) is 2.53. The lowest BCUT2D eigenvalue weighted by molar-refractivity contribution is 0.525. The molecule has 19 heavy (non-hydrogen) atoms. The highest BCUT2D eigenvalue weighted by atomic mass is 19.1. The van der Waals surface area contributed by atoms with E-state index in [4.69, 9.17) is 5.73 Å². The zero-order valence-corrected chi connectivity index (χ0v) is 11.3. The maximum absolute atomic E-state index is 13.4. The minimum atomic E-state index is -0.184. The Morgan fingerprint density at radius 3 is 2.95 bits per heavy atom. The zero-order chi connectivity index (χ0) is 13.4. The minimum Gasteiger partial charge on any atom is -0.330 e. The van der Waals surface area contributed by atoms with Gasteiger partial charge in [0.05, 0.1) is 11.0 Å². The van der Waals surface area contributed by atoms with Crippen LogP contribution in [0.4, 0.5) is 4.39 Å². The van der Waals surface area contributed by atoms with Crippen LogP contribution in [0.1, 0.15) is 38.1 Å². The van der Waals surface area contributed by atoms with Gasteiger partial charge in [0.2, 0.25) is 0 Å². The zero-order valence-electron chi connectivity index (χ0n) is 11.3. The molecule has 4 heteroatoms. The Labute approximate surface area is 112 Å². The van der Waals surface area contributed by atoms with Gasteiger partial charge in [-0.3, -0.25) is 0 Å². The van der Waals surface area contributed by atoms with Crippen LogP contribution in [-0.4, -0.2) is 16.1 Å². The van der Waals surface area contributed by atoms with Gasteiger partial charge in [-0.25, -0.2) is 9.37 Å². The molecule has 1 aliphatic carbocycles. The molecule has 2 N–H and O–H groups in total. The van der Waals surface area contributed by atoms with Crippen LogP contribution in [0, 0.1) is 11.7 Å². The smallest absolute Gasteiger partial charge is 0.125 e. The van der Waals surface area contributed by atoms with Crippen molar-refractivity contribution in [3.05, 3.63) is 29.8 Å². The molecule has 1 aromatic heterocycles. The molecule has 0 radical (unpaired) electrons. The van der Waals surface area contributed by atoms with Gasteiger partial charge in [-0.1, -0.05) is 6.92 Å². The molecule has 0 bridgehead atoms. The molecule has 3 nitrogen and oxygen atoms in total. The number of hydrogen-bond donors (Lipinski definition) is 1. The topological polar surface area (TPSA) is 43.8 Å². The van der Waals surface area contributed by atoms with Gasteiger partial charge in [0, 0.05) is 12.5 Å². The fourth-order valence-electron chi connectivity index (χ4n) is 2.53. The van der Waals surface area contributed by atoms with E-state index in [0.29, 0.717) is 18.5 Å². The van der Waals surface area contributed by atoms with Crippen LogP contribution in [-0.2, 0) is 6.42 Å². The van der Waals surface area contributed by atoms with E-state index in [0.717, 1.165) is 29.7 Å². The first-order valence-corrected chi connectivity index (χ1v) is 7.05. The summed E-state index contributed by atoms with van der Waals surface area (Å²) in [4.78, 5) is 4.68. The van der Waals surface area contributed by atoms with Crippen LogP contribution < -0.4 is 5.73 Å². The summed E-state index contributed by atoms with van der Waals surface area (Å²) < 4.78 is 15.7. The molecule has 0 spiro atoms. The SMILES string of the molecule is CC(CN)CCc1nc2ccc(F)cc2n1C1CC1. The van der Waals surface area contributed by atoms with Crippen LogP contribution in [0.5, 0.6) is 0 Å². The fraction of sp³-hybridized carbons (Fsp3) is 0.533. The van der Waals surface area contributed by atoms with Gasteiger partial charge in [0.15, 0.2) is 0 Å². The van der Waals surface area contributed by atoms with Crippen LogP contribution in [0.25, 0.3) is 11.0 Å². The summed E-state index contributed by atoms with van der Waals surface area (Å²) >= 11 is 0. The average Bonchev–Trinajstić information content (AvgIpc) is 3.17. The lowest BCUT2D eigenvalue weighted by Crippen LogP contribution is -2.12. The van der Waals surface area contributed by atoms with Gasteiger partial charge in [0.1, 0.15) is 11.6 Å². The van der Waals surface area contributed by atoms with Crippen molar-refractivity contribution in [2.75, 3.05) is 6.54 Å². The quantitative estimate of drug-likeness (QED) is 0.899. The van der Waals surface area contributed by atoms with E-state index in [2.05, 4.69) is 16.5 Å². The van der Waals surface area contributed by atoms with Crippen molar-refractivity contribution in [2.45, 2.75) is 38.6 Å². The third kappa shape index (κ3) is 2.50. The van der Waals surface area contributed by atoms with E-state index in [-0.39, 0.29) is 5.82 Å². The summed E-state index contributed by atoms with van der Waals surface area (Å²) in [6.45, 7) is 2.86. The maximum atomic E-state index is 13.4. The second-order valence-corrected chi connectivity index (χ2v) is 5.64. The van der Waals surface area contributed by atoms with Gasteiger partial charge < -0.3 is 10.3 Å². The van der Waals surface area contributed by atoms with Crippen molar-refractivity contribution in [2.24, 2.45) is 11.7 Å². The van der Waals surface area contributed by atoms with E-state index >= 15 is 0 Å². The predicted molar refractivity (Wildman–Crippen MR) is 74.5 cm³/mol. The number of hydrogen-bond acceptors (Lipinski definition) is 2. The van der Waals surface area contributed by atoms with Crippen LogP contribution in [0.3, 0.4) is 0 Å². The third-order valence-corrected chi connectivity index (χ3v) is 3.90. The monoisotopic (exact) mass is 261 g/mol. The Morgan fingerprint density at radius 2 is 2.26 bits per heavy atom. The Bertz CT molecular complexity index is 586. The van der Waals surface area contributed by atoms with E-state index in [1.165, 1.54) is 18.9 Å². The number of nitrogens with two attached hydrogens (primary N) is 1. The molecule has 1 fully saturated rings. The molecule has 1 saturated carbocycles. The third-order valence-electron chi connectivity index (χ3n) is 3.90. The molecule has 0 amide bonds. The highest BCUT2D eigenvalue weighted by molar-refractivity contribution is 5.76. The van der Waals surface area contributed by atoms with Crippen LogP contribution in [0.2, 0.25) is 0 Å². The van der Waals surface area contributed by atoms with Crippen LogP contribution in [0.15, 0.2) is 18.2 Å². The summed E-state index contributed by atoms with van der Waals surface area (Å²) in [6.07, 6.45) is 4.32. The highest BCUT2D eigenvalue weighted by Crippen LogP contribution is 2.39. The maximum Gasteiger partial charge on any atom is 0.125 e. The van der Waals surface area contributed by atoms with Gasteiger partial charge in [0.25, 0.3) is 0 Å². The Morgan fingerprint density at radius 1 is 1.47 bits per heavy atom. The van der Waals surface area contributed by atoms with E-state index < -0.39 is 0 Å². The Kier molecular flexibility index (Phi) is 3.27. The molecule has 3 rings (SSSR count). The van der Waals surface area contributed by atoms with E-state index in [1.807, 2.05) is 0 Å². The van der Waals surface area contributed by atoms with Gasteiger partial charge in [-0.05, 0) is 49.9 Å². The lowest BCUT2D eigenvalue weighted by Gasteiger charge is -2.10. The summed E-state index contributed by atoms with van der Waals surface area (Å²) in [5.41, 5.74) is 7.51. The molecule has 102 valence electrons. The van der Waals surface area contributed by atoms with E-state index in [1.54, 1.807) is 12.1 Å². The number of halogens is 1. The number of nitrogens with zero attached hydrogens (tertiary/aromatic N) is 2. The van der Waals surface area contributed by atoms with Crippen molar-refractivity contribution >= 4 is 11.0 Å². The largest absolute Gasteiger partial charge is 0.330 e. The van der Waals surface area contributed by atoms with Crippen LogP contribution >= 0.6 is 0 Å². The van der Waals surface area contributed by atoms with Gasteiger partial charge in [-0.15, -0.1) is 0 Å². The second-order valence-electron chi connectivity index (χ2n) is 5.64. The summed E-state index contributed by atoms with van der Waals surface area (Å²) in [5, 5.41) is 0. The lowest BCUT2D eigenvalue weighted by atomic mass is 10.1. The standard InChI is InChI=1S/C15H20FN3/c1-10(9-17)2-7-15-18-13-6-3-11(16)8-14(13)19(15)12-4-5-12/h3,6,8,10,12H,2,4-5,7,9,17H2,1H3. The normalized spacial score (nSPS) is 17.0. The van der Waals surface area contributed by atoms with Gasteiger partial charge >= 0.3 is 0 Å². The van der Waals surface area contributed by atoms with Crippen molar-refractivity contribution in [3.63, 3.8) is 0 Å². The first-order chi connectivity index (χ1) is 9.19. The molecule has 1 heterocycles. The second kappa shape index (κ2) is 4.93. The summed E-state index contributed by atoms with van der Waals surface area (Å²) in [5.74, 6) is 1.41. The number of fused-ring (bicyclic) bond motifs is 1. The Balaban J connectivity index is 1.96. The molecule has 1 atom stereocenters. The predicted octanol–water partition coefficient (Wildman–Crippen LogP) is 3.04. The number of imidazole rings is 1. The molecular weight excluding hydrogens is 241 g/mol. The number of rotatable bonds is 5. The first kappa shape index (κ1) is 12.6. The van der Waals surface area contributed by atoms with Crippen molar-refractivity contribution in [3.8, 4) is 0 Å². The summed E-state index contributed by atoms with van der Waals surface area (Å²) in [6, 6.07) is 5.39. The number of benzene rings is 1. The number of aromatic nitrogens is 2. The average molecular weight is 261 g/mol. The van der Waals surface area contributed by atoms with Crippen molar-refractivity contribution < 1.29 is 4.39 Å². The molecule has 1 aliphatic rings. The minimum absolute atomic E-state index is 0.184. The Hall–Kier alpha value is -1.42. The van der Waals surface area contributed by atoms with Crippen molar-refractivity contribution in [1.82, 2.24) is 9.55 Å². The molecular formula is C15H20FN3. The summed E-state index contributed by atoms with van der Waals surface area (Å²) in [7, 11) is 0. The highest BCUT2D eigenvalue weighted by Gasteiger charge is 2.28. The molecule has 0 saturated heterocycles. The molecule has 2 aromatic rings. The van der Waals surface area contributed by atoms with E-state index in [9.17, 15) is 4.39 Å². The molecule has 0 aliphatic heterocycles. The van der Waals surface area contributed by atoms with Crippen molar-refractivity contribution in [1.29, 1.82) is 0 Å². The van der Waals surface area contributed by atoms with Gasteiger partial charge in [-0.2, -0.15) is 0 Å². The number of aryl methyl sites for hydroxylation is 1. The molecule has 1 unspecified atom stereocenters. The molecule has 1 aromatic carbocycles.